The number of carbonyl (C=O) groups is 2. The molecule has 2 N–H and O–H groups in total. The van der Waals surface area contributed by atoms with E-state index < -0.39 is 0 Å². The number of nitrogens with zero attached hydrogens (tertiary/aromatic N) is 1. The summed E-state index contributed by atoms with van der Waals surface area (Å²) in [6.45, 7) is 0.400. The molecule has 2 aromatic rings. The van der Waals surface area contributed by atoms with E-state index in [1.165, 1.54) is 0 Å². The van der Waals surface area contributed by atoms with Crippen molar-refractivity contribution in [3.05, 3.63) is 53.6 Å². The second kappa shape index (κ2) is 10.6. The highest BCUT2D eigenvalue weighted by molar-refractivity contribution is 5.92. The van der Waals surface area contributed by atoms with Gasteiger partial charge in [-0.3, -0.25) is 9.59 Å². The lowest BCUT2D eigenvalue weighted by atomic mass is 10.1. The minimum atomic E-state index is -0.348. The Morgan fingerprint density at radius 1 is 0.964 bits per heavy atom. The largest absolute Gasteiger partial charge is 0.493 e. The third-order valence-electron chi connectivity index (χ3n) is 4.06. The van der Waals surface area contributed by atoms with Crippen LogP contribution in [0.1, 0.15) is 24.0 Å². The molecular weight excluding hydrogens is 358 g/mol. The van der Waals surface area contributed by atoms with E-state index in [0.29, 0.717) is 36.6 Å². The Hall–Kier alpha value is -3.53. The fourth-order valence-electron chi connectivity index (χ4n) is 2.57. The molecule has 0 atom stereocenters. The second-order valence-electron chi connectivity index (χ2n) is 6.05. The van der Waals surface area contributed by atoms with Crippen LogP contribution in [-0.2, 0) is 22.6 Å². The van der Waals surface area contributed by atoms with Crippen molar-refractivity contribution in [3.8, 4) is 17.6 Å². The van der Waals surface area contributed by atoms with Crippen molar-refractivity contribution in [3.63, 3.8) is 0 Å². The summed E-state index contributed by atoms with van der Waals surface area (Å²) in [5.74, 6) is 0.894. The highest BCUT2D eigenvalue weighted by atomic mass is 16.5. The molecule has 0 aliphatic heterocycles. The van der Waals surface area contributed by atoms with Gasteiger partial charge in [0.05, 0.1) is 20.3 Å². The van der Waals surface area contributed by atoms with Gasteiger partial charge in [-0.2, -0.15) is 5.26 Å². The molecule has 2 rings (SSSR count). The van der Waals surface area contributed by atoms with Crippen molar-refractivity contribution in [2.24, 2.45) is 0 Å². The van der Waals surface area contributed by atoms with Crippen LogP contribution in [0.4, 0.5) is 5.69 Å². The van der Waals surface area contributed by atoms with Crippen molar-refractivity contribution in [1.29, 1.82) is 5.26 Å². The van der Waals surface area contributed by atoms with Crippen molar-refractivity contribution >= 4 is 17.5 Å². The summed E-state index contributed by atoms with van der Waals surface area (Å²) < 4.78 is 10.5. The van der Waals surface area contributed by atoms with E-state index in [1.807, 2.05) is 30.3 Å². The Kier molecular flexibility index (Phi) is 7.85. The van der Waals surface area contributed by atoms with Crippen LogP contribution in [0.2, 0.25) is 0 Å². The zero-order valence-electron chi connectivity index (χ0n) is 16.0. The summed E-state index contributed by atoms with van der Waals surface area (Å²) in [4.78, 5) is 23.5. The summed E-state index contributed by atoms with van der Waals surface area (Å²) in [7, 11) is 3.16. The van der Waals surface area contributed by atoms with Gasteiger partial charge >= 0.3 is 0 Å². The van der Waals surface area contributed by atoms with E-state index in [4.69, 9.17) is 14.7 Å². The number of nitriles is 1. The lowest BCUT2D eigenvalue weighted by molar-refractivity contribution is -0.121. The maximum absolute atomic E-state index is 12.1. The molecule has 0 saturated heterocycles. The van der Waals surface area contributed by atoms with Crippen LogP contribution in [0.3, 0.4) is 0 Å². The normalized spacial score (nSPS) is 9.89. The smallest absolute Gasteiger partial charge is 0.238 e. The number of benzene rings is 2. The number of ether oxygens (including phenoxy) is 2. The van der Waals surface area contributed by atoms with Gasteiger partial charge in [-0.15, -0.1) is 0 Å². The van der Waals surface area contributed by atoms with Crippen LogP contribution in [0, 0.1) is 11.3 Å². The minimum Gasteiger partial charge on any atom is -0.493 e. The molecule has 146 valence electrons. The molecule has 0 saturated carbocycles. The predicted octanol–water partition coefficient (Wildman–Crippen LogP) is 2.80. The quantitative estimate of drug-likeness (QED) is 0.696. The van der Waals surface area contributed by atoms with E-state index in [0.717, 1.165) is 11.1 Å². The predicted molar refractivity (Wildman–Crippen MR) is 105 cm³/mol. The van der Waals surface area contributed by atoms with Crippen LogP contribution in [-0.4, -0.2) is 26.0 Å². The monoisotopic (exact) mass is 381 g/mol. The number of rotatable bonds is 9. The Balaban J connectivity index is 1.79. The van der Waals surface area contributed by atoms with Gasteiger partial charge in [-0.05, 0) is 41.8 Å². The molecule has 0 aliphatic carbocycles. The molecule has 2 amide bonds. The van der Waals surface area contributed by atoms with E-state index in [2.05, 4.69) is 10.6 Å². The van der Waals surface area contributed by atoms with Gasteiger partial charge < -0.3 is 20.1 Å². The summed E-state index contributed by atoms with van der Waals surface area (Å²) in [6.07, 6.45) is 0.770. The topological polar surface area (TPSA) is 100 Å². The minimum absolute atomic E-state index is 0.0545. The molecule has 0 aliphatic rings. The third-order valence-corrected chi connectivity index (χ3v) is 4.06. The average molecular weight is 381 g/mol. The van der Waals surface area contributed by atoms with E-state index in [9.17, 15) is 9.59 Å². The van der Waals surface area contributed by atoms with Gasteiger partial charge in [-0.25, -0.2) is 0 Å². The number of anilines is 1. The van der Waals surface area contributed by atoms with Gasteiger partial charge in [-0.1, -0.05) is 18.2 Å². The first kappa shape index (κ1) is 20.8. The Bertz CT molecular complexity index is 857. The molecule has 0 spiro atoms. The molecule has 0 unspecified atom stereocenters. The SMILES string of the molecule is COc1ccc(CCC(=O)NCc2ccc(NC(=O)CC#N)cc2)cc1OC. The molecule has 28 heavy (non-hydrogen) atoms. The molecule has 2 aromatic carbocycles. The summed E-state index contributed by atoms with van der Waals surface area (Å²) in [5.41, 5.74) is 2.52. The van der Waals surface area contributed by atoms with Crippen LogP contribution in [0.5, 0.6) is 11.5 Å². The molecule has 0 heterocycles. The molecule has 0 radical (unpaired) electrons. The Morgan fingerprint density at radius 3 is 2.29 bits per heavy atom. The molecular formula is C21H23N3O4. The number of methoxy groups -OCH3 is 2. The summed E-state index contributed by atoms with van der Waals surface area (Å²) >= 11 is 0. The number of amides is 2. The Morgan fingerprint density at radius 2 is 1.64 bits per heavy atom. The maximum Gasteiger partial charge on any atom is 0.238 e. The van der Waals surface area contributed by atoms with Gasteiger partial charge in [0.25, 0.3) is 0 Å². The first-order valence-corrected chi connectivity index (χ1v) is 8.79. The van der Waals surface area contributed by atoms with E-state index in [-0.39, 0.29) is 18.2 Å². The number of aryl methyl sites for hydroxylation is 1. The van der Waals surface area contributed by atoms with Crippen LogP contribution < -0.4 is 20.1 Å². The summed E-state index contributed by atoms with van der Waals surface area (Å²) in [6, 6.07) is 14.5. The molecule has 7 heteroatoms. The molecule has 0 bridgehead atoms. The van der Waals surface area contributed by atoms with Gasteiger partial charge in [0.2, 0.25) is 11.8 Å². The first-order valence-electron chi connectivity index (χ1n) is 8.79. The van der Waals surface area contributed by atoms with Crippen LogP contribution >= 0.6 is 0 Å². The van der Waals surface area contributed by atoms with Gasteiger partial charge in [0, 0.05) is 18.7 Å². The third kappa shape index (κ3) is 6.32. The van der Waals surface area contributed by atoms with Crippen molar-refractivity contribution < 1.29 is 19.1 Å². The maximum atomic E-state index is 12.1. The van der Waals surface area contributed by atoms with Crippen molar-refractivity contribution in [2.75, 3.05) is 19.5 Å². The fourth-order valence-corrected chi connectivity index (χ4v) is 2.57. The number of nitrogens with one attached hydrogen (secondary N) is 2. The van der Waals surface area contributed by atoms with E-state index >= 15 is 0 Å². The van der Waals surface area contributed by atoms with Gasteiger partial charge in [0.15, 0.2) is 11.5 Å². The molecule has 0 fully saturated rings. The number of hydrogen-bond donors (Lipinski definition) is 2. The highest BCUT2D eigenvalue weighted by Crippen LogP contribution is 2.27. The summed E-state index contributed by atoms with van der Waals surface area (Å²) in [5, 5.41) is 14.0. The van der Waals surface area contributed by atoms with Crippen molar-refractivity contribution in [2.45, 2.75) is 25.8 Å². The molecule has 7 nitrogen and oxygen atoms in total. The highest BCUT2D eigenvalue weighted by Gasteiger charge is 2.07. The van der Waals surface area contributed by atoms with Crippen molar-refractivity contribution in [1.82, 2.24) is 5.32 Å². The lowest BCUT2D eigenvalue weighted by Crippen LogP contribution is -2.23. The number of hydrogen-bond acceptors (Lipinski definition) is 5. The standard InChI is InChI=1S/C21H23N3O4/c1-27-18-9-5-15(13-19(18)28-2)6-10-20(25)23-14-16-3-7-17(8-4-16)24-21(26)11-12-22/h3-5,7-9,13H,6,10-11,14H2,1-2H3,(H,23,25)(H,24,26). The van der Waals surface area contributed by atoms with E-state index in [1.54, 1.807) is 32.4 Å². The van der Waals surface area contributed by atoms with Gasteiger partial charge in [0.1, 0.15) is 6.42 Å². The zero-order chi connectivity index (χ0) is 20.4. The average Bonchev–Trinajstić information content (AvgIpc) is 2.71. The fraction of sp³-hybridized carbons (Fsp3) is 0.286. The second-order valence-corrected chi connectivity index (χ2v) is 6.05. The zero-order valence-corrected chi connectivity index (χ0v) is 16.0. The number of carbonyl (C=O) groups excluding carboxylic acids is 2. The van der Waals surface area contributed by atoms with Crippen LogP contribution in [0.15, 0.2) is 42.5 Å². The molecule has 0 aromatic heterocycles. The Labute approximate surface area is 164 Å². The van der Waals surface area contributed by atoms with Crippen LogP contribution in [0.25, 0.3) is 0 Å². The lowest BCUT2D eigenvalue weighted by Gasteiger charge is -2.10. The first-order chi connectivity index (χ1) is 13.5.